The molecule has 2 aliphatic rings. The fourth-order valence-corrected chi connectivity index (χ4v) is 1.22. The summed E-state index contributed by atoms with van der Waals surface area (Å²) in [4.78, 5) is 10.7. The molecule has 1 heterocycles. The van der Waals surface area contributed by atoms with Crippen LogP contribution in [0.5, 0.6) is 5.75 Å². The van der Waals surface area contributed by atoms with E-state index in [1.165, 1.54) is 6.92 Å². The Hall–Kier alpha value is -1.77. The Kier molecular flexibility index (Phi) is 1.77. The number of rotatable bonds is 1. The third kappa shape index (κ3) is 1.40. The third-order valence-corrected chi connectivity index (χ3v) is 1.76. The lowest BCUT2D eigenvalue weighted by Gasteiger charge is -2.01. The van der Waals surface area contributed by atoms with Gasteiger partial charge in [-0.2, -0.15) is 0 Å². The van der Waals surface area contributed by atoms with Gasteiger partial charge in [-0.15, -0.1) is 0 Å². The van der Waals surface area contributed by atoms with Crippen LogP contribution in [0.3, 0.4) is 0 Å². The summed E-state index contributed by atoms with van der Waals surface area (Å²) < 4.78 is 9.95. The van der Waals surface area contributed by atoms with E-state index < -0.39 is 0 Å². The maximum absolute atomic E-state index is 10.7. The molecule has 0 spiro atoms. The summed E-state index contributed by atoms with van der Waals surface area (Å²) >= 11 is 0. The highest BCUT2D eigenvalue weighted by molar-refractivity contribution is 5.78. The molecule has 2 rings (SSSR count). The van der Waals surface area contributed by atoms with Gasteiger partial charge in [0.1, 0.15) is 12.0 Å². The SMILES string of the molecule is CC(=O)Oc1ccc2ccocc1-2. The van der Waals surface area contributed by atoms with E-state index in [1.54, 1.807) is 18.6 Å². The van der Waals surface area contributed by atoms with Crippen LogP contribution in [-0.4, -0.2) is 5.97 Å². The molecule has 0 amide bonds. The summed E-state index contributed by atoms with van der Waals surface area (Å²) in [6.07, 6.45) is 3.15. The molecule has 0 radical (unpaired) electrons. The fourth-order valence-electron chi connectivity index (χ4n) is 1.22. The van der Waals surface area contributed by atoms with Gasteiger partial charge in [-0.1, -0.05) is 6.07 Å². The first-order valence-electron chi connectivity index (χ1n) is 3.91. The van der Waals surface area contributed by atoms with Crippen molar-refractivity contribution in [1.29, 1.82) is 0 Å². The summed E-state index contributed by atoms with van der Waals surface area (Å²) in [5, 5.41) is 0. The predicted molar refractivity (Wildman–Crippen MR) is 46.6 cm³/mol. The maximum atomic E-state index is 10.7. The Balaban J connectivity index is 2.43. The first-order valence-corrected chi connectivity index (χ1v) is 3.91. The molecule has 0 aromatic carbocycles. The van der Waals surface area contributed by atoms with Crippen molar-refractivity contribution in [2.75, 3.05) is 0 Å². The Labute approximate surface area is 75.3 Å². The van der Waals surface area contributed by atoms with Crippen molar-refractivity contribution in [3.05, 3.63) is 30.7 Å². The highest BCUT2D eigenvalue weighted by atomic mass is 16.5. The molecule has 3 heteroatoms. The lowest BCUT2D eigenvalue weighted by molar-refractivity contribution is -0.131. The van der Waals surface area contributed by atoms with Crippen LogP contribution in [0.1, 0.15) is 6.92 Å². The third-order valence-electron chi connectivity index (χ3n) is 1.76. The van der Waals surface area contributed by atoms with E-state index in [-0.39, 0.29) is 5.97 Å². The molecule has 1 aliphatic heterocycles. The summed E-state index contributed by atoms with van der Waals surface area (Å²) in [5.74, 6) is 0.225. The van der Waals surface area contributed by atoms with Crippen LogP contribution >= 0.6 is 0 Å². The number of ether oxygens (including phenoxy) is 1. The fraction of sp³-hybridized carbons (Fsp3) is 0.100. The van der Waals surface area contributed by atoms with Gasteiger partial charge in [0.2, 0.25) is 0 Å². The molecule has 0 aromatic heterocycles. The average molecular weight is 176 g/mol. The molecule has 0 saturated carbocycles. The van der Waals surface area contributed by atoms with Crippen molar-refractivity contribution in [3.8, 4) is 16.9 Å². The maximum Gasteiger partial charge on any atom is 0.308 e. The standard InChI is InChI=1S/C10H8O3/c1-7(11)13-10-3-2-8-4-5-12-6-9(8)10/h2-6H,1H3. The van der Waals surface area contributed by atoms with Gasteiger partial charge in [0.05, 0.1) is 11.8 Å². The second-order valence-corrected chi connectivity index (χ2v) is 2.72. The molecular formula is C10H8O3. The van der Waals surface area contributed by atoms with Crippen LogP contribution in [0.4, 0.5) is 0 Å². The molecule has 13 heavy (non-hydrogen) atoms. The van der Waals surface area contributed by atoms with E-state index in [4.69, 9.17) is 9.15 Å². The van der Waals surface area contributed by atoms with Crippen molar-refractivity contribution in [3.63, 3.8) is 0 Å². The lowest BCUT2D eigenvalue weighted by atomic mass is 10.2. The Morgan fingerprint density at radius 2 is 2.23 bits per heavy atom. The van der Waals surface area contributed by atoms with Gasteiger partial charge in [0.25, 0.3) is 0 Å². The van der Waals surface area contributed by atoms with Crippen molar-refractivity contribution < 1.29 is 13.9 Å². The zero-order chi connectivity index (χ0) is 9.26. The average Bonchev–Trinajstić information content (AvgIpc) is 2.48. The molecule has 0 fully saturated rings. The van der Waals surface area contributed by atoms with E-state index in [0.717, 1.165) is 11.1 Å². The topological polar surface area (TPSA) is 39.4 Å². The number of fused-ring (bicyclic) bond motifs is 1. The smallest absolute Gasteiger partial charge is 0.308 e. The number of hydrogen-bond donors (Lipinski definition) is 0. The zero-order valence-electron chi connectivity index (χ0n) is 7.11. The molecule has 0 N–H and O–H groups in total. The van der Waals surface area contributed by atoms with E-state index in [1.807, 2.05) is 12.1 Å². The minimum absolute atomic E-state index is 0.323. The Bertz CT molecular complexity index is 403. The monoisotopic (exact) mass is 176 g/mol. The summed E-state index contributed by atoms with van der Waals surface area (Å²) in [6.45, 7) is 1.37. The molecule has 0 bridgehead atoms. The molecule has 66 valence electrons. The van der Waals surface area contributed by atoms with Gasteiger partial charge in [0, 0.05) is 6.92 Å². The Morgan fingerprint density at radius 3 is 3.00 bits per heavy atom. The van der Waals surface area contributed by atoms with Gasteiger partial charge in [-0.25, -0.2) is 0 Å². The molecule has 3 nitrogen and oxygen atoms in total. The molecule has 0 unspecified atom stereocenters. The normalized spacial score (nSPS) is 10.2. The van der Waals surface area contributed by atoms with Crippen LogP contribution in [0.2, 0.25) is 0 Å². The second kappa shape index (κ2) is 2.94. The summed E-state index contributed by atoms with van der Waals surface area (Å²) in [5.41, 5.74) is 1.82. The van der Waals surface area contributed by atoms with Crippen molar-refractivity contribution in [1.82, 2.24) is 0 Å². The van der Waals surface area contributed by atoms with Crippen LogP contribution in [0.15, 0.2) is 35.1 Å². The number of carbonyl (C=O) groups is 1. The van der Waals surface area contributed by atoms with E-state index >= 15 is 0 Å². The number of hydrogen-bond acceptors (Lipinski definition) is 3. The van der Waals surface area contributed by atoms with Crippen molar-refractivity contribution in [2.45, 2.75) is 6.92 Å². The zero-order valence-corrected chi connectivity index (χ0v) is 7.11. The largest absolute Gasteiger partial charge is 0.472 e. The minimum Gasteiger partial charge on any atom is -0.472 e. The van der Waals surface area contributed by atoms with Gasteiger partial charge in [-0.05, 0) is 17.7 Å². The lowest BCUT2D eigenvalue weighted by Crippen LogP contribution is -2.00. The van der Waals surface area contributed by atoms with Crippen molar-refractivity contribution in [2.24, 2.45) is 0 Å². The number of esters is 1. The number of carbonyl (C=O) groups excluding carboxylic acids is 1. The highest BCUT2D eigenvalue weighted by Gasteiger charge is 2.11. The van der Waals surface area contributed by atoms with E-state index in [0.29, 0.717) is 5.75 Å². The van der Waals surface area contributed by atoms with Crippen LogP contribution in [0.25, 0.3) is 11.1 Å². The van der Waals surface area contributed by atoms with Gasteiger partial charge in [0.15, 0.2) is 0 Å². The van der Waals surface area contributed by atoms with Gasteiger partial charge >= 0.3 is 5.97 Å². The molecular weight excluding hydrogens is 168 g/mol. The first kappa shape index (κ1) is 7.86. The molecule has 0 saturated heterocycles. The Morgan fingerprint density at radius 1 is 1.38 bits per heavy atom. The molecule has 1 aliphatic carbocycles. The first-order chi connectivity index (χ1) is 6.27. The highest BCUT2D eigenvalue weighted by Crippen LogP contribution is 2.33. The molecule has 0 aromatic rings. The second-order valence-electron chi connectivity index (χ2n) is 2.72. The van der Waals surface area contributed by atoms with Gasteiger partial charge < -0.3 is 9.15 Å². The van der Waals surface area contributed by atoms with E-state index in [9.17, 15) is 4.79 Å². The van der Waals surface area contributed by atoms with Crippen LogP contribution in [-0.2, 0) is 4.79 Å². The quantitative estimate of drug-likeness (QED) is 0.626. The summed E-state index contributed by atoms with van der Waals surface area (Å²) in [6, 6.07) is 5.45. The van der Waals surface area contributed by atoms with Gasteiger partial charge in [-0.3, -0.25) is 4.79 Å². The van der Waals surface area contributed by atoms with Crippen LogP contribution in [0, 0.1) is 0 Å². The molecule has 0 atom stereocenters. The van der Waals surface area contributed by atoms with Crippen molar-refractivity contribution >= 4 is 5.97 Å². The minimum atomic E-state index is -0.323. The van der Waals surface area contributed by atoms with Crippen LogP contribution < -0.4 is 4.74 Å². The van der Waals surface area contributed by atoms with E-state index in [2.05, 4.69) is 0 Å². The summed E-state index contributed by atoms with van der Waals surface area (Å²) in [7, 11) is 0. The predicted octanol–water partition coefficient (Wildman–Crippen LogP) is 2.31.